The molecule has 1 aromatic heterocycles. The average Bonchev–Trinajstić information content (AvgIpc) is 3.11. The summed E-state index contributed by atoms with van der Waals surface area (Å²) in [6, 6.07) is 3.13. The van der Waals surface area contributed by atoms with Crippen LogP contribution in [0.5, 0.6) is 0 Å². The monoisotopic (exact) mass is 391 g/mol. The van der Waals surface area contributed by atoms with Gasteiger partial charge in [-0.1, -0.05) is 23.2 Å². The van der Waals surface area contributed by atoms with Crippen LogP contribution in [-0.4, -0.2) is 34.9 Å². The Morgan fingerprint density at radius 2 is 1.77 bits per heavy atom. The Morgan fingerprint density at radius 3 is 2.38 bits per heavy atom. The number of aromatic nitrogens is 2. The molecular formula is C17H15Cl2N5O2. The number of fused-ring (bicyclic) bond motifs is 1. The third-order valence-corrected chi connectivity index (χ3v) is 5.33. The summed E-state index contributed by atoms with van der Waals surface area (Å²) in [4.78, 5) is 32.3. The molecule has 3 N–H and O–H groups in total. The van der Waals surface area contributed by atoms with E-state index in [0.29, 0.717) is 17.5 Å². The van der Waals surface area contributed by atoms with E-state index < -0.39 is 5.91 Å². The Morgan fingerprint density at radius 1 is 1.08 bits per heavy atom. The molecule has 2 fully saturated rings. The summed E-state index contributed by atoms with van der Waals surface area (Å²) in [5.41, 5.74) is 0.904. The predicted molar refractivity (Wildman–Crippen MR) is 98.4 cm³/mol. The number of carbonyl (C=O) groups is 2. The van der Waals surface area contributed by atoms with Crippen LogP contribution in [-0.2, 0) is 4.79 Å². The molecule has 0 radical (unpaired) electrons. The number of carbonyl (C=O) groups excluding carboxylic acids is 2. The lowest BCUT2D eigenvalue weighted by Gasteiger charge is -2.12. The topological polar surface area (TPSA) is 96.0 Å². The number of benzene rings is 1. The fraction of sp³-hybridized carbons (Fsp3) is 0.294. The van der Waals surface area contributed by atoms with Gasteiger partial charge in [-0.25, -0.2) is 4.98 Å². The van der Waals surface area contributed by atoms with Gasteiger partial charge in [-0.05, 0) is 37.1 Å². The number of amides is 2. The summed E-state index contributed by atoms with van der Waals surface area (Å²) in [5, 5.41) is 9.18. The molecule has 26 heavy (non-hydrogen) atoms. The van der Waals surface area contributed by atoms with Crippen LogP contribution in [0, 0.1) is 17.8 Å². The van der Waals surface area contributed by atoms with Gasteiger partial charge in [0.15, 0.2) is 0 Å². The van der Waals surface area contributed by atoms with Gasteiger partial charge in [-0.3, -0.25) is 14.6 Å². The van der Waals surface area contributed by atoms with E-state index in [-0.39, 0.29) is 33.3 Å². The highest BCUT2D eigenvalue weighted by Gasteiger charge is 2.56. The van der Waals surface area contributed by atoms with E-state index in [4.69, 9.17) is 23.2 Å². The maximum atomic E-state index is 12.3. The molecule has 2 amide bonds. The Balaban J connectivity index is 1.46. The Kier molecular flexibility index (Phi) is 4.52. The molecule has 2 aromatic rings. The molecule has 7 nitrogen and oxygen atoms in total. The Bertz CT molecular complexity index is 844. The average molecular weight is 392 g/mol. The lowest BCUT2D eigenvalue weighted by atomic mass is 10.2. The van der Waals surface area contributed by atoms with Crippen molar-refractivity contribution in [3.63, 3.8) is 0 Å². The summed E-state index contributed by atoms with van der Waals surface area (Å²) in [7, 11) is 0. The summed E-state index contributed by atoms with van der Waals surface area (Å²) in [6.45, 7) is 1.77. The van der Waals surface area contributed by atoms with Crippen molar-refractivity contribution >= 4 is 46.4 Å². The molecule has 1 aliphatic carbocycles. The molecule has 1 aromatic carbocycles. The van der Waals surface area contributed by atoms with Gasteiger partial charge in [0, 0.05) is 24.0 Å². The molecule has 1 unspecified atom stereocenters. The summed E-state index contributed by atoms with van der Waals surface area (Å²) >= 11 is 12.5. The minimum absolute atomic E-state index is 0.0232. The van der Waals surface area contributed by atoms with Crippen molar-refractivity contribution in [2.75, 3.05) is 23.7 Å². The van der Waals surface area contributed by atoms with Crippen LogP contribution in [0.25, 0.3) is 0 Å². The zero-order valence-corrected chi connectivity index (χ0v) is 15.0. The third-order valence-electron chi connectivity index (χ3n) is 4.74. The van der Waals surface area contributed by atoms with Gasteiger partial charge in [0.05, 0.1) is 21.9 Å². The minimum Gasteiger partial charge on any atom is -0.326 e. The zero-order chi connectivity index (χ0) is 18.3. The summed E-state index contributed by atoms with van der Waals surface area (Å²) in [5.74, 6) is 0.393. The van der Waals surface area contributed by atoms with E-state index in [1.54, 1.807) is 12.1 Å². The van der Waals surface area contributed by atoms with Crippen molar-refractivity contribution in [3.8, 4) is 0 Å². The zero-order valence-electron chi connectivity index (χ0n) is 13.5. The highest BCUT2D eigenvalue weighted by atomic mass is 35.5. The van der Waals surface area contributed by atoms with E-state index in [1.165, 1.54) is 18.6 Å². The number of hydrogen-bond donors (Lipinski definition) is 3. The molecule has 3 atom stereocenters. The Hall–Kier alpha value is -2.22. The third kappa shape index (κ3) is 3.25. The van der Waals surface area contributed by atoms with Crippen LogP contribution in [0.1, 0.15) is 10.5 Å². The second-order valence-corrected chi connectivity index (χ2v) is 7.18. The second-order valence-electron chi connectivity index (χ2n) is 6.36. The van der Waals surface area contributed by atoms with Crippen molar-refractivity contribution in [2.24, 2.45) is 17.8 Å². The van der Waals surface area contributed by atoms with Crippen LogP contribution in [0.3, 0.4) is 0 Å². The molecule has 0 bridgehead atoms. The van der Waals surface area contributed by atoms with Crippen LogP contribution in [0.15, 0.2) is 30.7 Å². The molecule has 2 aliphatic rings. The van der Waals surface area contributed by atoms with Crippen molar-refractivity contribution in [3.05, 3.63) is 46.5 Å². The van der Waals surface area contributed by atoms with Gasteiger partial charge in [0.2, 0.25) is 5.91 Å². The van der Waals surface area contributed by atoms with E-state index in [9.17, 15) is 9.59 Å². The molecule has 4 rings (SSSR count). The lowest BCUT2D eigenvalue weighted by molar-refractivity contribution is -0.118. The molecule has 134 valence electrons. The van der Waals surface area contributed by atoms with Crippen molar-refractivity contribution in [1.82, 2.24) is 15.3 Å². The first-order valence-corrected chi connectivity index (χ1v) is 8.88. The summed E-state index contributed by atoms with van der Waals surface area (Å²) in [6.07, 6.45) is 4.23. The van der Waals surface area contributed by atoms with Gasteiger partial charge in [-0.2, -0.15) is 0 Å². The molecule has 2 heterocycles. The minimum atomic E-state index is -0.475. The lowest BCUT2D eigenvalue weighted by Crippen LogP contribution is -2.23. The maximum Gasteiger partial charge on any atom is 0.275 e. The first-order valence-electron chi connectivity index (χ1n) is 8.12. The normalized spacial score (nSPS) is 23.2. The van der Waals surface area contributed by atoms with Gasteiger partial charge >= 0.3 is 0 Å². The van der Waals surface area contributed by atoms with Gasteiger partial charge in [0.25, 0.3) is 5.91 Å². The van der Waals surface area contributed by atoms with E-state index in [2.05, 4.69) is 25.9 Å². The van der Waals surface area contributed by atoms with Crippen molar-refractivity contribution < 1.29 is 9.59 Å². The van der Waals surface area contributed by atoms with Gasteiger partial charge in [0.1, 0.15) is 5.69 Å². The quantitative estimate of drug-likeness (QED) is 0.743. The first-order chi connectivity index (χ1) is 12.5. The molecule has 1 saturated carbocycles. The van der Waals surface area contributed by atoms with Crippen molar-refractivity contribution in [2.45, 2.75) is 0 Å². The fourth-order valence-corrected chi connectivity index (χ4v) is 3.97. The second kappa shape index (κ2) is 6.83. The predicted octanol–water partition coefficient (Wildman–Crippen LogP) is 2.44. The maximum absolute atomic E-state index is 12.3. The number of hydrogen-bond acceptors (Lipinski definition) is 5. The van der Waals surface area contributed by atoms with Gasteiger partial charge < -0.3 is 16.0 Å². The molecular weight excluding hydrogens is 377 g/mol. The number of nitrogens with zero attached hydrogens (tertiary/aromatic N) is 2. The Labute approximate surface area is 159 Å². The fourth-order valence-electron chi connectivity index (χ4n) is 3.39. The van der Waals surface area contributed by atoms with Crippen molar-refractivity contribution in [1.29, 1.82) is 0 Å². The first kappa shape index (κ1) is 17.2. The number of nitrogens with one attached hydrogen (secondary N) is 3. The van der Waals surface area contributed by atoms with Crippen LogP contribution in [0.2, 0.25) is 10.0 Å². The van der Waals surface area contributed by atoms with Gasteiger partial charge in [-0.15, -0.1) is 0 Å². The van der Waals surface area contributed by atoms with Crippen LogP contribution >= 0.6 is 23.2 Å². The number of piperidine rings is 1. The highest BCUT2D eigenvalue weighted by Crippen LogP contribution is 2.49. The van der Waals surface area contributed by atoms with E-state index >= 15 is 0 Å². The smallest absolute Gasteiger partial charge is 0.275 e. The standard InChI is InChI=1S/C17H15Cl2N5O2/c18-11-3-8(23-17(26)14-9-5-21-6-10(9)14)4-12(19)15(11)24-16(25)13-7-20-1-2-22-13/h1-4,7,9-10,14,21H,5-6H2,(H,23,26)(H,24,25)/t9-,10+,14?. The number of anilines is 2. The summed E-state index contributed by atoms with van der Waals surface area (Å²) < 4.78 is 0. The van der Waals surface area contributed by atoms with E-state index in [0.717, 1.165) is 13.1 Å². The highest BCUT2D eigenvalue weighted by molar-refractivity contribution is 6.40. The van der Waals surface area contributed by atoms with Crippen LogP contribution in [0.4, 0.5) is 11.4 Å². The van der Waals surface area contributed by atoms with E-state index in [1.807, 2.05) is 0 Å². The molecule has 0 spiro atoms. The number of rotatable bonds is 4. The molecule has 9 heteroatoms. The largest absolute Gasteiger partial charge is 0.326 e. The van der Waals surface area contributed by atoms with Crippen LogP contribution < -0.4 is 16.0 Å². The SMILES string of the molecule is O=C(Nc1c(Cl)cc(NC(=O)C2[C@H]3CNC[C@@H]23)cc1Cl)c1cnccn1. The molecule has 1 aliphatic heterocycles. The molecule has 1 saturated heterocycles. The number of halogens is 2.